The number of hydrogen-bond donors (Lipinski definition) is 1. The van der Waals surface area contributed by atoms with Crippen LogP contribution in [0.5, 0.6) is 5.75 Å². The van der Waals surface area contributed by atoms with E-state index in [1.807, 2.05) is 30.3 Å². The van der Waals surface area contributed by atoms with Gasteiger partial charge in [-0.25, -0.2) is 0 Å². The second-order valence-electron chi connectivity index (χ2n) is 6.27. The summed E-state index contributed by atoms with van der Waals surface area (Å²) in [6.45, 7) is 7.99. The first-order chi connectivity index (χ1) is 10.9. The minimum absolute atomic E-state index is 0. The predicted molar refractivity (Wildman–Crippen MR) is 108 cm³/mol. The Balaban J connectivity index is 0.00000288. The predicted octanol–water partition coefficient (Wildman–Crippen LogP) is 6.38. The van der Waals surface area contributed by atoms with Crippen molar-refractivity contribution >= 4 is 39.9 Å². The van der Waals surface area contributed by atoms with Crippen molar-refractivity contribution in [3.8, 4) is 5.75 Å². The highest BCUT2D eigenvalue weighted by Gasteiger charge is 2.13. The highest BCUT2D eigenvalue weighted by Crippen LogP contribution is 2.27. The van der Waals surface area contributed by atoms with Crippen molar-refractivity contribution in [1.29, 1.82) is 0 Å². The molecular formula is C19H24BrCl2NO. The molecular weight excluding hydrogens is 409 g/mol. The van der Waals surface area contributed by atoms with Crippen LogP contribution in [-0.2, 0) is 13.2 Å². The van der Waals surface area contributed by atoms with Crippen LogP contribution in [0.1, 0.15) is 38.3 Å². The van der Waals surface area contributed by atoms with Gasteiger partial charge in [0.2, 0.25) is 0 Å². The van der Waals surface area contributed by atoms with Gasteiger partial charge in [-0.1, -0.05) is 36.7 Å². The molecule has 2 aromatic carbocycles. The topological polar surface area (TPSA) is 21.3 Å². The molecule has 1 N–H and O–H groups in total. The summed E-state index contributed by atoms with van der Waals surface area (Å²) in [7, 11) is 0. The van der Waals surface area contributed by atoms with Crippen LogP contribution in [0.2, 0.25) is 5.02 Å². The van der Waals surface area contributed by atoms with Gasteiger partial charge >= 0.3 is 0 Å². The normalized spacial score (nSPS) is 11.0. The smallest absolute Gasteiger partial charge is 0.134 e. The second kappa shape index (κ2) is 9.67. The van der Waals surface area contributed by atoms with Gasteiger partial charge in [-0.2, -0.15) is 0 Å². The van der Waals surface area contributed by atoms with Crippen LogP contribution in [0.4, 0.5) is 0 Å². The molecule has 0 aromatic heterocycles. The van der Waals surface area contributed by atoms with Crippen molar-refractivity contribution < 1.29 is 4.74 Å². The van der Waals surface area contributed by atoms with E-state index in [1.165, 1.54) is 5.56 Å². The number of ether oxygens (including phenoxy) is 1. The molecule has 0 saturated heterocycles. The van der Waals surface area contributed by atoms with Crippen molar-refractivity contribution in [1.82, 2.24) is 5.32 Å². The summed E-state index contributed by atoms with van der Waals surface area (Å²) in [6.07, 6.45) is 1.09. The first-order valence-corrected chi connectivity index (χ1v) is 8.97. The van der Waals surface area contributed by atoms with Crippen LogP contribution in [-0.4, -0.2) is 5.54 Å². The summed E-state index contributed by atoms with van der Waals surface area (Å²) in [4.78, 5) is 0. The zero-order valence-electron chi connectivity index (χ0n) is 14.2. The zero-order chi connectivity index (χ0) is 16.9. The maximum Gasteiger partial charge on any atom is 0.134 e. The van der Waals surface area contributed by atoms with E-state index >= 15 is 0 Å². The molecule has 0 spiro atoms. The summed E-state index contributed by atoms with van der Waals surface area (Å²) in [5.41, 5.74) is 2.48. The third-order valence-corrected chi connectivity index (χ3v) is 4.83. The zero-order valence-corrected chi connectivity index (χ0v) is 17.4. The maximum atomic E-state index is 5.89. The Hall–Kier alpha value is -0.740. The Kier molecular flexibility index (Phi) is 8.58. The van der Waals surface area contributed by atoms with Crippen LogP contribution in [0.15, 0.2) is 46.9 Å². The molecule has 132 valence electrons. The molecule has 0 aliphatic rings. The Morgan fingerprint density at radius 2 is 1.71 bits per heavy atom. The Labute approximate surface area is 164 Å². The van der Waals surface area contributed by atoms with E-state index in [9.17, 15) is 0 Å². The van der Waals surface area contributed by atoms with Gasteiger partial charge in [0, 0.05) is 17.1 Å². The summed E-state index contributed by atoms with van der Waals surface area (Å²) in [5, 5.41) is 4.30. The van der Waals surface area contributed by atoms with E-state index < -0.39 is 0 Å². The lowest BCUT2D eigenvalue weighted by Gasteiger charge is -2.24. The number of nitrogens with one attached hydrogen (secondary N) is 1. The molecule has 0 amide bonds. The molecule has 0 radical (unpaired) electrons. The largest absolute Gasteiger partial charge is 0.488 e. The standard InChI is InChI=1S/C19H23BrClNO.ClH/c1-4-19(2,3)22-12-15-7-10-18(17(20)11-15)23-13-14-5-8-16(21)9-6-14;/h5-11,22H,4,12-13H2,1-3H3;1H. The van der Waals surface area contributed by atoms with E-state index in [0.717, 1.165) is 33.8 Å². The molecule has 2 nitrogen and oxygen atoms in total. The van der Waals surface area contributed by atoms with Crippen LogP contribution in [0, 0.1) is 0 Å². The van der Waals surface area contributed by atoms with Crippen molar-refractivity contribution in [3.05, 3.63) is 63.1 Å². The molecule has 0 unspecified atom stereocenters. The van der Waals surface area contributed by atoms with E-state index in [4.69, 9.17) is 16.3 Å². The molecule has 0 aliphatic heterocycles. The van der Waals surface area contributed by atoms with Gasteiger partial charge in [-0.05, 0) is 71.6 Å². The molecule has 24 heavy (non-hydrogen) atoms. The van der Waals surface area contributed by atoms with E-state index in [1.54, 1.807) is 0 Å². The summed E-state index contributed by atoms with van der Waals surface area (Å²) < 4.78 is 6.85. The molecule has 0 fully saturated rings. The third-order valence-electron chi connectivity index (χ3n) is 3.96. The number of hydrogen-bond acceptors (Lipinski definition) is 2. The lowest BCUT2D eigenvalue weighted by molar-refractivity contribution is 0.304. The highest BCUT2D eigenvalue weighted by atomic mass is 79.9. The minimum atomic E-state index is 0. The monoisotopic (exact) mass is 431 g/mol. The maximum absolute atomic E-state index is 5.89. The average Bonchev–Trinajstić information content (AvgIpc) is 2.54. The molecule has 0 bridgehead atoms. The highest BCUT2D eigenvalue weighted by molar-refractivity contribution is 9.10. The van der Waals surface area contributed by atoms with E-state index in [-0.39, 0.29) is 17.9 Å². The van der Waals surface area contributed by atoms with Gasteiger partial charge in [0.25, 0.3) is 0 Å². The average molecular weight is 433 g/mol. The SMILES string of the molecule is CCC(C)(C)NCc1ccc(OCc2ccc(Cl)cc2)c(Br)c1.Cl. The fraction of sp³-hybridized carbons (Fsp3) is 0.368. The fourth-order valence-corrected chi connectivity index (χ4v) is 2.65. The summed E-state index contributed by atoms with van der Waals surface area (Å²) in [5.74, 6) is 0.846. The molecule has 0 saturated carbocycles. The van der Waals surface area contributed by atoms with Crippen LogP contribution < -0.4 is 10.1 Å². The minimum Gasteiger partial charge on any atom is -0.488 e. The molecule has 5 heteroatoms. The molecule has 0 heterocycles. The van der Waals surface area contributed by atoms with Gasteiger partial charge in [0.15, 0.2) is 0 Å². The number of halogens is 3. The summed E-state index contributed by atoms with van der Waals surface area (Å²) in [6, 6.07) is 13.9. The van der Waals surface area contributed by atoms with Crippen molar-refractivity contribution in [3.63, 3.8) is 0 Å². The van der Waals surface area contributed by atoms with Crippen LogP contribution in [0.25, 0.3) is 0 Å². The van der Waals surface area contributed by atoms with Gasteiger partial charge < -0.3 is 10.1 Å². The summed E-state index contributed by atoms with van der Waals surface area (Å²) >= 11 is 9.49. The molecule has 2 rings (SSSR count). The third kappa shape index (κ3) is 6.64. The van der Waals surface area contributed by atoms with Crippen LogP contribution in [0.3, 0.4) is 0 Å². The van der Waals surface area contributed by atoms with Crippen molar-refractivity contribution in [2.75, 3.05) is 0 Å². The van der Waals surface area contributed by atoms with Crippen LogP contribution >= 0.6 is 39.9 Å². The van der Waals surface area contributed by atoms with E-state index in [0.29, 0.717) is 6.61 Å². The first-order valence-electron chi connectivity index (χ1n) is 7.80. The Morgan fingerprint density at radius 1 is 1.08 bits per heavy atom. The second-order valence-corrected chi connectivity index (χ2v) is 7.56. The molecule has 0 aliphatic carbocycles. The van der Waals surface area contributed by atoms with Gasteiger partial charge in [-0.15, -0.1) is 12.4 Å². The quantitative estimate of drug-likeness (QED) is 0.547. The van der Waals surface area contributed by atoms with Gasteiger partial charge in [-0.3, -0.25) is 0 Å². The Bertz CT molecular complexity index is 644. The lowest BCUT2D eigenvalue weighted by Crippen LogP contribution is -2.37. The van der Waals surface area contributed by atoms with Crippen molar-refractivity contribution in [2.45, 2.75) is 45.9 Å². The van der Waals surface area contributed by atoms with E-state index in [2.05, 4.69) is 54.2 Å². The molecule has 0 atom stereocenters. The fourth-order valence-electron chi connectivity index (χ4n) is 1.98. The van der Waals surface area contributed by atoms with Crippen molar-refractivity contribution in [2.24, 2.45) is 0 Å². The Morgan fingerprint density at radius 3 is 2.29 bits per heavy atom. The van der Waals surface area contributed by atoms with Gasteiger partial charge in [0.1, 0.15) is 12.4 Å². The molecule has 2 aromatic rings. The van der Waals surface area contributed by atoms with Gasteiger partial charge in [0.05, 0.1) is 4.47 Å². The number of rotatable bonds is 7. The number of benzene rings is 2. The first kappa shape index (κ1) is 21.3. The lowest BCUT2D eigenvalue weighted by atomic mass is 10.0.